The van der Waals surface area contributed by atoms with Gasteiger partial charge in [-0.2, -0.15) is 5.10 Å². The Morgan fingerprint density at radius 1 is 1.23 bits per heavy atom. The van der Waals surface area contributed by atoms with Crippen molar-refractivity contribution in [1.29, 1.82) is 0 Å². The van der Waals surface area contributed by atoms with Gasteiger partial charge in [-0.25, -0.2) is 0 Å². The van der Waals surface area contributed by atoms with Gasteiger partial charge in [0, 0.05) is 16.3 Å². The highest BCUT2D eigenvalue weighted by molar-refractivity contribution is 6.30. The van der Waals surface area contributed by atoms with Crippen LogP contribution in [-0.2, 0) is 11.3 Å². The first-order valence-electron chi connectivity index (χ1n) is 8.34. The molecule has 0 aliphatic carbocycles. The van der Waals surface area contributed by atoms with Crippen LogP contribution in [-0.4, -0.2) is 22.2 Å². The van der Waals surface area contributed by atoms with Crippen LogP contribution in [0, 0.1) is 0 Å². The maximum Gasteiger partial charge on any atom is 0.259 e. The summed E-state index contributed by atoms with van der Waals surface area (Å²) in [6.07, 6.45) is 1.67. The molecule has 3 aromatic rings. The van der Waals surface area contributed by atoms with Gasteiger partial charge in [-0.05, 0) is 43.7 Å². The second kappa shape index (κ2) is 8.17. The zero-order chi connectivity index (χ0) is 18.5. The number of aromatic amines is 1. The van der Waals surface area contributed by atoms with E-state index in [1.165, 1.54) is 6.20 Å². The largest absolute Gasteiger partial charge is 0.374 e. The third-order valence-electron chi connectivity index (χ3n) is 3.79. The number of anilines is 1. The normalized spacial score (nSPS) is 10.9. The SMILES string of the molecule is CC(C)OCc1cccc(NC(=O)c2cn[nH]c2-c2ccc(Cl)cc2)c1. The van der Waals surface area contributed by atoms with Crippen LogP contribution in [0.15, 0.2) is 54.7 Å². The minimum absolute atomic E-state index is 0.154. The molecule has 0 spiro atoms. The number of ether oxygens (including phenoxy) is 1. The average molecular weight is 370 g/mol. The Bertz CT molecular complexity index is 888. The second-order valence-corrected chi connectivity index (χ2v) is 6.62. The third kappa shape index (κ3) is 4.50. The van der Waals surface area contributed by atoms with Gasteiger partial charge in [-0.1, -0.05) is 35.9 Å². The Morgan fingerprint density at radius 3 is 2.73 bits per heavy atom. The van der Waals surface area contributed by atoms with Crippen molar-refractivity contribution in [3.63, 3.8) is 0 Å². The molecule has 134 valence electrons. The van der Waals surface area contributed by atoms with E-state index in [-0.39, 0.29) is 12.0 Å². The summed E-state index contributed by atoms with van der Waals surface area (Å²) in [4.78, 5) is 12.7. The zero-order valence-electron chi connectivity index (χ0n) is 14.6. The van der Waals surface area contributed by atoms with Crippen molar-refractivity contribution in [2.45, 2.75) is 26.6 Å². The number of halogens is 1. The number of nitrogens with one attached hydrogen (secondary N) is 2. The first-order valence-corrected chi connectivity index (χ1v) is 8.72. The van der Waals surface area contributed by atoms with E-state index in [0.29, 0.717) is 28.6 Å². The summed E-state index contributed by atoms with van der Waals surface area (Å²) in [6.45, 7) is 4.48. The molecular formula is C20H20ClN3O2. The summed E-state index contributed by atoms with van der Waals surface area (Å²) in [5, 5.41) is 10.4. The van der Waals surface area contributed by atoms with E-state index >= 15 is 0 Å². The van der Waals surface area contributed by atoms with Crippen LogP contribution in [0.25, 0.3) is 11.3 Å². The first kappa shape index (κ1) is 18.2. The predicted molar refractivity (Wildman–Crippen MR) is 103 cm³/mol. The fourth-order valence-electron chi connectivity index (χ4n) is 2.50. The van der Waals surface area contributed by atoms with Crippen molar-refractivity contribution in [3.8, 4) is 11.3 Å². The van der Waals surface area contributed by atoms with Crippen LogP contribution in [0.2, 0.25) is 5.02 Å². The standard InChI is InChI=1S/C20H20ClN3O2/c1-13(2)26-12-14-4-3-5-17(10-14)23-20(25)18-11-22-24-19(18)15-6-8-16(21)9-7-15/h3-11,13H,12H2,1-2H3,(H,22,24)(H,23,25). The number of carbonyl (C=O) groups excluding carboxylic acids is 1. The molecule has 0 atom stereocenters. The minimum atomic E-state index is -0.231. The molecule has 6 heteroatoms. The number of amides is 1. The molecule has 2 aromatic carbocycles. The molecular weight excluding hydrogens is 350 g/mol. The number of aromatic nitrogens is 2. The molecule has 26 heavy (non-hydrogen) atoms. The number of hydrogen-bond acceptors (Lipinski definition) is 3. The highest BCUT2D eigenvalue weighted by Gasteiger charge is 2.15. The van der Waals surface area contributed by atoms with Gasteiger partial charge in [0.1, 0.15) is 0 Å². The Morgan fingerprint density at radius 2 is 2.00 bits per heavy atom. The Kier molecular flexibility index (Phi) is 5.71. The number of H-pyrrole nitrogens is 1. The molecule has 5 nitrogen and oxygen atoms in total. The van der Waals surface area contributed by atoms with Gasteiger partial charge in [0.15, 0.2) is 0 Å². The Labute approximate surface area is 157 Å². The second-order valence-electron chi connectivity index (χ2n) is 6.18. The van der Waals surface area contributed by atoms with E-state index in [1.807, 2.05) is 50.2 Å². The van der Waals surface area contributed by atoms with Gasteiger partial charge in [0.25, 0.3) is 5.91 Å². The summed E-state index contributed by atoms with van der Waals surface area (Å²) in [5.74, 6) is -0.231. The van der Waals surface area contributed by atoms with E-state index in [1.54, 1.807) is 12.1 Å². The van der Waals surface area contributed by atoms with E-state index in [4.69, 9.17) is 16.3 Å². The number of rotatable bonds is 6. The lowest BCUT2D eigenvalue weighted by atomic mass is 10.1. The van der Waals surface area contributed by atoms with Gasteiger partial charge < -0.3 is 10.1 Å². The molecule has 1 amide bonds. The summed E-state index contributed by atoms with van der Waals surface area (Å²) in [5.41, 5.74) is 3.68. The summed E-state index contributed by atoms with van der Waals surface area (Å²) in [6, 6.07) is 14.8. The lowest BCUT2D eigenvalue weighted by molar-refractivity contribution is 0.0657. The van der Waals surface area contributed by atoms with Crippen LogP contribution >= 0.6 is 11.6 Å². The molecule has 0 radical (unpaired) electrons. The molecule has 2 N–H and O–H groups in total. The van der Waals surface area contributed by atoms with Crippen molar-refractivity contribution in [2.24, 2.45) is 0 Å². The Hall–Kier alpha value is -2.63. The third-order valence-corrected chi connectivity index (χ3v) is 4.04. The van der Waals surface area contributed by atoms with Gasteiger partial charge in [-0.3, -0.25) is 9.89 Å². The molecule has 3 rings (SSSR count). The molecule has 0 saturated heterocycles. The van der Waals surface area contributed by atoms with Gasteiger partial charge in [0.2, 0.25) is 0 Å². The number of nitrogens with zero attached hydrogens (tertiary/aromatic N) is 1. The van der Waals surface area contributed by atoms with E-state index in [2.05, 4.69) is 15.5 Å². The molecule has 0 saturated carbocycles. The molecule has 0 aliphatic rings. The van der Waals surface area contributed by atoms with Crippen LogP contribution in [0.4, 0.5) is 5.69 Å². The van der Waals surface area contributed by atoms with Crippen LogP contribution in [0.3, 0.4) is 0 Å². The molecule has 0 bridgehead atoms. The van der Waals surface area contributed by atoms with Crippen LogP contribution < -0.4 is 5.32 Å². The van der Waals surface area contributed by atoms with Crippen LogP contribution in [0.1, 0.15) is 29.8 Å². The highest BCUT2D eigenvalue weighted by atomic mass is 35.5. The Balaban J connectivity index is 1.76. The minimum Gasteiger partial charge on any atom is -0.374 e. The predicted octanol–water partition coefficient (Wildman–Crippen LogP) is 4.91. The number of carbonyl (C=O) groups is 1. The van der Waals surface area contributed by atoms with Crippen molar-refractivity contribution in [2.75, 3.05) is 5.32 Å². The van der Waals surface area contributed by atoms with Gasteiger partial charge in [-0.15, -0.1) is 0 Å². The number of hydrogen-bond donors (Lipinski definition) is 2. The van der Waals surface area contributed by atoms with Crippen molar-refractivity contribution >= 4 is 23.2 Å². The van der Waals surface area contributed by atoms with E-state index < -0.39 is 0 Å². The summed E-state index contributed by atoms with van der Waals surface area (Å²) in [7, 11) is 0. The van der Waals surface area contributed by atoms with Crippen molar-refractivity contribution in [3.05, 3.63) is 70.9 Å². The van der Waals surface area contributed by atoms with Crippen molar-refractivity contribution < 1.29 is 9.53 Å². The maximum absolute atomic E-state index is 12.7. The van der Waals surface area contributed by atoms with Gasteiger partial charge in [0.05, 0.1) is 30.2 Å². The lowest BCUT2D eigenvalue weighted by Crippen LogP contribution is -2.12. The summed E-state index contributed by atoms with van der Waals surface area (Å²) >= 11 is 5.93. The van der Waals surface area contributed by atoms with Crippen molar-refractivity contribution in [1.82, 2.24) is 10.2 Å². The number of benzene rings is 2. The van der Waals surface area contributed by atoms with Gasteiger partial charge >= 0.3 is 0 Å². The van der Waals surface area contributed by atoms with E-state index in [9.17, 15) is 4.79 Å². The smallest absolute Gasteiger partial charge is 0.259 e. The average Bonchev–Trinajstić information content (AvgIpc) is 3.11. The quantitative estimate of drug-likeness (QED) is 0.648. The highest BCUT2D eigenvalue weighted by Crippen LogP contribution is 2.24. The molecule has 0 aliphatic heterocycles. The monoisotopic (exact) mass is 369 g/mol. The molecule has 1 heterocycles. The fraction of sp³-hybridized carbons (Fsp3) is 0.200. The van der Waals surface area contributed by atoms with E-state index in [0.717, 1.165) is 11.1 Å². The fourth-order valence-corrected chi connectivity index (χ4v) is 2.62. The van der Waals surface area contributed by atoms with Crippen LogP contribution in [0.5, 0.6) is 0 Å². The molecule has 0 unspecified atom stereocenters. The maximum atomic E-state index is 12.7. The topological polar surface area (TPSA) is 67.0 Å². The molecule has 1 aromatic heterocycles. The molecule has 0 fully saturated rings. The lowest BCUT2D eigenvalue weighted by Gasteiger charge is -2.10. The zero-order valence-corrected chi connectivity index (χ0v) is 15.4. The first-order chi connectivity index (χ1) is 12.5. The summed E-state index contributed by atoms with van der Waals surface area (Å²) < 4.78 is 5.61.